The van der Waals surface area contributed by atoms with E-state index in [9.17, 15) is 9.90 Å². The van der Waals surface area contributed by atoms with E-state index < -0.39 is 6.10 Å². The Kier molecular flexibility index (Phi) is 7.36. The number of Topliss-reactive ketones (excluding diaryl/α,β-unsaturated/α-hetero) is 1. The average Bonchev–Trinajstić information content (AvgIpc) is 2.43. The van der Waals surface area contributed by atoms with Crippen LogP contribution in [0, 0.1) is 6.92 Å². The predicted octanol–water partition coefficient (Wildman–Crippen LogP) is 1.99. The van der Waals surface area contributed by atoms with Crippen LogP contribution in [-0.2, 0) is 9.47 Å². The van der Waals surface area contributed by atoms with Gasteiger partial charge in [0.25, 0.3) is 0 Å². The molecule has 0 heterocycles. The number of carbonyl (C=O) groups excluding carboxylic acids is 1. The SMILES string of the molecule is COCC(C)OCC(O)COc1cc(C)ccc1C(C)=O. The molecule has 1 rings (SSSR count). The Labute approximate surface area is 125 Å². The lowest BCUT2D eigenvalue weighted by Gasteiger charge is -2.17. The molecule has 0 aliphatic carbocycles. The van der Waals surface area contributed by atoms with Crippen molar-refractivity contribution in [2.24, 2.45) is 0 Å². The molecule has 118 valence electrons. The van der Waals surface area contributed by atoms with Crippen molar-refractivity contribution in [1.29, 1.82) is 0 Å². The van der Waals surface area contributed by atoms with Crippen molar-refractivity contribution in [2.45, 2.75) is 33.0 Å². The molecule has 0 saturated heterocycles. The van der Waals surface area contributed by atoms with Gasteiger partial charge in [-0.1, -0.05) is 6.07 Å². The minimum Gasteiger partial charge on any atom is -0.490 e. The third kappa shape index (κ3) is 6.25. The lowest BCUT2D eigenvalue weighted by atomic mass is 10.1. The minimum atomic E-state index is -0.760. The number of hydrogen-bond acceptors (Lipinski definition) is 5. The highest BCUT2D eigenvalue weighted by Crippen LogP contribution is 2.21. The number of carbonyl (C=O) groups is 1. The molecule has 0 radical (unpaired) electrons. The van der Waals surface area contributed by atoms with Gasteiger partial charge in [-0.3, -0.25) is 4.79 Å². The second-order valence-corrected chi connectivity index (χ2v) is 5.12. The molecule has 0 aliphatic heterocycles. The topological polar surface area (TPSA) is 65.0 Å². The molecule has 0 fully saturated rings. The van der Waals surface area contributed by atoms with Crippen molar-refractivity contribution in [3.05, 3.63) is 29.3 Å². The van der Waals surface area contributed by atoms with Crippen molar-refractivity contribution >= 4 is 5.78 Å². The summed E-state index contributed by atoms with van der Waals surface area (Å²) in [6.45, 7) is 5.98. The lowest BCUT2D eigenvalue weighted by Crippen LogP contribution is -2.27. The Morgan fingerprint density at radius 1 is 1.29 bits per heavy atom. The molecule has 1 N–H and O–H groups in total. The Morgan fingerprint density at radius 2 is 2.00 bits per heavy atom. The fourth-order valence-corrected chi connectivity index (χ4v) is 1.83. The number of ether oxygens (including phenoxy) is 3. The van der Waals surface area contributed by atoms with E-state index in [0.717, 1.165) is 5.56 Å². The second-order valence-electron chi connectivity index (χ2n) is 5.12. The summed E-state index contributed by atoms with van der Waals surface area (Å²) in [7, 11) is 1.60. The van der Waals surface area contributed by atoms with Crippen LogP contribution in [0.3, 0.4) is 0 Å². The highest BCUT2D eigenvalue weighted by atomic mass is 16.5. The van der Waals surface area contributed by atoms with Gasteiger partial charge in [-0.2, -0.15) is 0 Å². The summed E-state index contributed by atoms with van der Waals surface area (Å²) < 4.78 is 15.9. The molecule has 0 bridgehead atoms. The molecule has 2 atom stereocenters. The van der Waals surface area contributed by atoms with Gasteiger partial charge in [0.2, 0.25) is 0 Å². The molecule has 5 nitrogen and oxygen atoms in total. The Balaban J connectivity index is 2.51. The van der Waals surface area contributed by atoms with Crippen LogP contribution in [-0.4, -0.2) is 50.0 Å². The summed E-state index contributed by atoms with van der Waals surface area (Å²) in [6.07, 6.45) is -0.846. The molecular formula is C16H24O5. The summed E-state index contributed by atoms with van der Waals surface area (Å²) in [4.78, 5) is 11.5. The first-order valence-corrected chi connectivity index (χ1v) is 6.97. The smallest absolute Gasteiger partial charge is 0.163 e. The maximum absolute atomic E-state index is 11.5. The van der Waals surface area contributed by atoms with Gasteiger partial charge in [0, 0.05) is 7.11 Å². The molecule has 0 amide bonds. The number of benzene rings is 1. The van der Waals surface area contributed by atoms with Crippen LogP contribution in [0.15, 0.2) is 18.2 Å². The van der Waals surface area contributed by atoms with Gasteiger partial charge in [-0.05, 0) is 38.5 Å². The van der Waals surface area contributed by atoms with Crippen molar-refractivity contribution in [3.8, 4) is 5.75 Å². The largest absolute Gasteiger partial charge is 0.490 e. The van der Waals surface area contributed by atoms with E-state index in [2.05, 4.69) is 0 Å². The first-order chi connectivity index (χ1) is 9.93. The number of methoxy groups -OCH3 is 1. The summed E-state index contributed by atoms with van der Waals surface area (Å²) >= 11 is 0. The van der Waals surface area contributed by atoms with Crippen LogP contribution in [0.25, 0.3) is 0 Å². The highest BCUT2D eigenvalue weighted by Gasteiger charge is 2.12. The summed E-state index contributed by atoms with van der Waals surface area (Å²) in [5.41, 5.74) is 1.51. The minimum absolute atomic E-state index is 0.0653. The highest BCUT2D eigenvalue weighted by molar-refractivity contribution is 5.96. The number of hydrogen-bond donors (Lipinski definition) is 1. The summed E-state index contributed by atoms with van der Waals surface area (Å²) in [5, 5.41) is 9.85. The zero-order chi connectivity index (χ0) is 15.8. The van der Waals surface area contributed by atoms with Gasteiger partial charge in [-0.25, -0.2) is 0 Å². The van der Waals surface area contributed by atoms with Gasteiger partial charge in [0.15, 0.2) is 5.78 Å². The monoisotopic (exact) mass is 296 g/mol. The number of aliphatic hydroxyl groups excluding tert-OH is 1. The van der Waals surface area contributed by atoms with Gasteiger partial charge >= 0.3 is 0 Å². The number of ketones is 1. The van der Waals surface area contributed by atoms with Gasteiger partial charge in [-0.15, -0.1) is 0 Å². The van der Waals surface area contributed by atoms with Crippen LogP contribution in [0.4, 0.5) is 0 Å². The maximum atomic E-state index is 11.5. The van der Waals surface area contributed by atoms with Crippen LogP contribution in [0.5, 0.6) is 5.75 Å². The number of aryl methyl sites for hydroxylation is 1. The van der Waals surface area contributed by atoms with Crippen molar-refractivity contribution < 1.29 is 24.1 Å². The molecule has 1 aromatic rings. The zero-order valence-corrected chi connectivity index (χ0v) is 13.1. The maximum Gasteiger partial charge on any atom is 0.163 e. The molecular weight excluding hydrogens is 272 g/mol. The molecule has 0 spiro atoms. The van der Waals surface area contributed by atoms with E-state index in [1.165, 1.54) is 6.92 Å². The molecule has 0 saturated carbocycles. The number of aliphatic hydroxyl groups is 1. The second kappa shape index (κ2) is 8.77. The molecule has 2 unspecified atom stereocenters. The molecule has 0 aliphatic rings. The predicted molar refractivity (Wildman–Crippen MR) is 80.0 cm³/mol. The average molecular weight is 296 g/mol. The molecule has 0 aromatic heterocycles. The van der Waals surface area contributed by atoms with Crippen molar-refractivity contribution in [2.75, 3.05) is 26.9 Å². The van der Waals surface area contributed by atoms with E-state index in [1.54, 1.807) is 19.2 Å². The summed E-state index contributed by atoms with van der Waals surface area (Å²) in [5.74, 6) is 0.427. The first-order valence-electron chi connectivity index (χ1n) is 6.97. The quantitative estimate of drug-likeness (QED) is 0.706. The third-order valence-corrected chi connectivity index (χ3v) is 2.92. The zero-order valence-electron chi connectivity index (χ0n) is 13.1. The Hall–Kier alpha value is -1.43. The van der Waals surface area contributed by atoms with Gasteiger partial charge < -0.3 is 19.3 Å². The van der Waals surface area contributed by atoms with Crippen molar-refractivity contribution in [3.63, 3.8) is 0 Å². The van der Waals surface area contributed by atoms with Crippen molar-refractivity contribution in [1.82, 2.24) is 0 Å². The van der Waals surface area contributed by atoms with Crippen LogP contribution < -0.4 is 4.74 Å². The Morgan fingerprint density at radius 3 is 2.62 bits per heavy atom. The van der Waals surface area contributed by atoms with E-state index in [4.69, 9.17) is 14.2 Å². The van der Waals surface area contributed by atoms with Crippen LogP contribution >= 0.6 is 0 Å². The normalized spacial score (nSPS) is 13.8. The standard InChI is InChI=1S/C16H24O5/c1-11-5-6-15(13(3)17)16(7-11)21-10-14(18)9-20-12(2)8-19-4/h5-7,12,14,18H,8-10H2,1-4H3. The van der Waals surface area contributed by atoms with E-state index >= 15 is 0 Å². The molecule has 21 heavy (non-hydrogen) atoms. The van der Waals surface area contributed by atoms with Crippen LogP contribution in [0.2, 0.25) is 0 Å². The fourth-order valence-electron chi connectivity index (χ4n) is 1.83. The van der Waals surface area contributed by atoms with E-state index in [0.29, 0.717) is 17.9 Å². The third-order valence-electron chi connectivity index (χ3n) is 2.92. The Bertz CT molecular complexity index is 458. The summed E-state index contributed by atoms with van der Waals surface area (Å²) in [6, 6.07) is 5.38. The molecule has 1 aromatic carbocycles. The fraction of sp³-hybridized carbons (Fsp3) is 0.562. The lowest BCUT2D eigenvalue weighted by molar-refractivity contribution is -0.0423. The van der Waals surface area contributed by atoms with Gasteiger partial charge in [0.1, 0.15) is 18.5 Å². The first kappa shape index (κ1) is 17.6. The van der Waals surface area contributed by atoms with Crippen LogP contribution in [0.1, 0.15) is 29.8 Å². The van der Waals surface area contributed by atoms with E-state index in [1.807, 2.05) is 19.9 Å². The van der Waals surface area contributed by atoms with Gasteiger partial charge in [0.05, 0.1) is 24.9 Å². The molecule has 5 heteroatoms. The van der Waals surface area contributed by atoms with E-state index in [-0.39, 0.29) is 25.1 Å². The number of rotatable bonds is 9.